The van der Waals surface area contributed by atoms with Crippen LogP contribution in [0.4, 0.5) is 0 Å². The summed E-state index contributed by atoms with van der Waals surface area (Å²) in [5, 5.41) is 12.6. The minimum atomic E-state index is -0.494. The van der Waals surface area contributed by atoms with Gasteiger partial charge >= 0.3 is 0 Å². The smallest absolute Gasteiger partial charge is 0.257 e. The third-order valence-electron chi connectivity index (χ3n) is 0.978. The third-order valence-corrected chi connectivity index (χ3v) is 0.978. The van der Waals surface area contributed by atoms with Crippen molar-refractivity contribution in [3.63, 3.8) is 0 Å². The standard InChI is InChI=1S/C6H6N2O2/c9-8(10)5-6-3-1-2-4-7-6/h1-5,7H/b6-5-. The summed E-state index contributed by atoms with van der Waals surface area (Å²) < 4.78 is 0. The zero-order valence-corrected chi connectivity index (χ0v) is 5.15. The van der Waals surface area contributed by atoms with Crippen LogP contribution in [0.3, 0.4) is 0 Å². The van der Waals surface area contributed by atoms with Crippen LogP contribution in [0.15, 0.2) is 36.3 Å². The molecule has 1 N–H and O–H groups in total. The summed E-state index contributed by atoms with van der Waals surface area (Å²) in [5.74, 6) is 0. The molecule has 0 aromatic carbocycles. The molecule has 1 aliphatic heterocycles. The van der Waals surface area contributed by atoms with E-state index >= 15 is 0 Å². The van der Waals surface area contributed by atoms with E-state index in [4.69, 9.17) is 0 Å². The molecule has 10 heavy (non-hydrogen) atoms. The Morgan fingerprint density at radius 2 is 2.40 bits per heavy atom. The first-order chi connectivity index (χ1) is 4.79. The lowest BCUT2D eigenvalue weighted by atomic mass is 10.3. The van der Waals surface area contributed by atoms with Crippen molar-refractivity contribution in [1.82, 2.24) is 5.32 Å². The second-order valence-electron chi connectivity index (χ2n) is 1.73. The quantitative estimate of drug-likeness (QED) is 0.430. The van der Waals surface area contributed by atoms with Crippen molar-refractivity contribution < 1.29 is 4.92 Å². The van der Waals surface area contributed by atoms with E-state index in [-0.39, 0.29) is 0 Å². The highest BCUT2D eigenvalue weighted by atomic mass is 16.6. The average Bonchev–Trinajstić information content (AvgIpc) is 1.88. The number of nitrogens with one attached hydrogen (secondary N) is 1. The highest BCUT2D eigenvalue weighted by Gasteiger charge is 1.96. The average molecular weight is 138 g/mol. The van der Waals surface area contributed by atoms with Crippen LogP contribution in [0.1, 0.15) is 0 Å². The van der Waals surface area contributed by atoms with E-state index in [0.29, 0.717) is 5.70 Å². The molecule has 52 valence electrons. The van der Waals surface area contributed by atoms with E-state index in [1.165, 1.54) is 0 Å². The lowest BCUT2D eigenvalue weighted by molar-refractivity contribution is -0.403. The van der Waals surface area contributed by atoms with Crippen LogP contribution in [0.25, 0.3) is 0 Å². The Morgan fingerprint density at radius 1 is 1.60 bits per heavy atom. The second kappa shape index (κ2) is 2.82. The van der Waals surface area contributed by atoms with E-state index in [2.05, 4.69) is 5.32 Å². The lowest BCUT2D eigenvalue weighted by Crippen LogP contribution is -2.06. The van der Waals surface area contributed by atoms with Gasteiger partial charge in [0.1, 0.15) is 5.70 Å². The van der Waals surface area contributed by atoms with E-state index in [9.17, 15) is 10.1 Å². The number of hydrogen-bond donors (Lipinski definition) is 1. The highest BCUT2D eigenvalue weighted by Crippen LogP contribution is 1.97. The number of nitro groups is 1. The van der Waals surface area contributed by atoms with E-state index in [1.54, 1.807) is 24.4 Å². The minimum absolute atomic E-state index is 0.493. The summed E-state index contributed by atoms with van der Waals surface area (Å²) in [6.07, 6.45) is 7.67. The van der Waals surface area contributed by atoms with Crippen molar-refractivity contribution in [2.45, 2.75) is 0 Å². The zero-order valence-electron chi connectivity index (χ0n) is 5.15. The molecule has 1 rings (SSSR count). The summed E-state index contributed by atoms with van der Waals surface area (Å²) in [7, 11) is 0. The first-order valence-corrected chi connectivity index (χ1v) is 2.74. The molecule has 4 nitrogen and oxygen atoms in total. The molecule has 0 aromatic heterocycles. The molecule has 0 unspecified atom stereocenters. The van der Waals surface area contributed by atoms with Crippen LogP contribution < -0.4 is 5.32 Å². The van der Waals surface area contributed by atoms with E-state index in [0.717, 1.165) is 6.20 Å². The maximum absolute atomic E-state index is 9.90. The summed E-state index contributed by atoms with van der Waals surface area (Å²) in [4.78, 5) is 9.40. The summed E-state index contributed by atoms with van der Waals surface area (Å²) in [6, 6.07) is 0. The van der Waals surface area contributed by atoms with Crippen molar-refractivity contribution in [2.24, 2.45) is 0 Å². The summed E-state index contributed by atoms with van der Waals surface area (Å²) in [6.45, 7) is 0. The van der Waals surface area contributed by atoms with Crippen LogP contribution >= 0.6 is 0 Å². The molecular weight excluding hydrogens is 132 g/mol. The maximum atomic E-state index is 9.90. The van der Waals surface area contributed by atoms with Crippen LogP contribution in [0.5, 0.6) is 0 Å². The number of dihydropyridines is 1. The zero-order chi connectivity index (χ0) is 7.40. The predicted octanol–water partition coefficient (Wildman–Crippen LogP) is 0.778. The molecule has 0 saturated heterocycles. The lowest BCUT2D eigenvalue weighted by Gasteiger charge is -1.99. The Labute approximate surface area is 57.7 Å². The molecule has 0 amide bonds. The van der Waals surface area contributed by atoms with Gasteiger partial charge in [-0.3, -0.25) is 10.1 Å². The second-order valence-corrected chi connectivity index (χ2v) is 1.73. The molecule has 0 saturated carbocycles. The number of rotatable bonds is 1. The van der Waals surface area contributed by atoms with Crippen LogP contribution in [0, 0.1) is 10.1 Å². The first-order valence-electron chi connectivity index (χ1n) is 2.74. The van der Waals surface area contributed by atoms with Gasteiger partial charge in [-0.1, -0.05) is 6.08 Å². The Hall–Kier alpha value is -1.58. The fraction of sp³-hybridized carbons (Fsp3) is 0. The van der Waals surface area contributed by atoms with Gasteiger partial charge in [-0.25, -0.2) is 0 Å². The van der Waals surface area contributed by atoms with Gasteiger partial charge in [0.15, 0.2) is 0 Å². The van der Waals surface area contributed by atoms with Gasteiger partial charge in [0.05, 0.1) is 4.92 Å². The number of hydrogen-bond acceptors (Lipinski definition) is 3. The van der Waals surface area contributed by atoms with Crippen LogP contribution in [-0.2, 0) is 0 Å². The SMILES string of the molecule is O=[N+]([O-])/C=C1/C=CC=CN1. The molecule has 0 fully saturated rings. The molecule has 0 aliphatic carbocycles. The van der Waals surface area contributed by atoms with Gasteiger partial charge in [0.25, 0.3) is 6.20 Å². The van der Waals surface area contributed by atoms with Gasteiger partial charge in [-0.05, 0) is 12.2 Å². The number of allylic oxidation sites excluding steroid dienone is 3. The summed E-state index contributed by atoms with van der Waals surface area (Å²) in [5.41, 5.74) is 0.493. The van der Waals surface area contributed by atoms with Crippen molar-refractivity contribution in [1.29, 1.82) is 0 Å². The molecule has 0 bridgehead atoms. The van der Waals surface area contributed by atoms with Gasteiger partial charge in [0.2, 0.25) is 0 Å². The Balaban J connectivity index is 2.67. The monoisotopic (exact) mass is 138 g/mol. The molecule has 0 aromatic rings. The Morgan fingerprint density at radius 3 is 2.90 bits per heavy atom. The molecule has 0 spiro atoms. The normalized spacial score (nSPS) is 19.0. The van der Waals surface area contributed by atoms with Crippen LogP contribution in [-0.4, -0.2) is 4.92 Å². The van der Waals surface area contributed by atoms with Gasteiger partial charge < -0.3 is 5.32 Å². The first kappa shape index (κ1) is 6.54. The van der Waals surface area contributed by atoms with Crippen molar-refractivity contribution in [3.05, 3.63) is 46.4 Å². The number of nitrogens with zero attached hydrogens (tertiary/aromatic N) is 1. The largest absolute Gasteiger partial charge is 0.357 e. The minimum Gasteiger partial charge on any atom is -0.357 e. The van der Waals surface area contributed by atoms with E-state index in [1.807, 2.05) is 0 Å². The van der Waals surface area contributed by atoms with Crippen molar-refractivity contribution in [2.75, 3.05) is 0 Å². The van der Waals surface area contributed by atoms with Gasteiger partial charge in [-0.15, -0.1) is 0 Å². The van der Waals surface area contributed by atoms with Crippen LogP contribution in [0.2, 0.25) is 0 Å². The fourth-order valence-electron chi connectivity index (χ4n) is 0.601. The van der Waals surface area contributed by atoms with Crippen molar-refractivity contribution in [3.8, 4) is 0 Å². The van der Waals surface area contributed by atoms with Gasteiger partial charge in [0, 0.05) is 6.20 Å². The molecule has 4 heteroatoms. The Kier molecular flexibility index (Phi) is 1.84. The Bertz CT molecular complexity index is 228. The third kappa shape index (κ3) is 1.74. The predicted molar refractivity (Wildman–Crippen MR) is 36.5 cm³/mol. The topological polar surface area (TPSA) is 55.2 Å². The van der Waals surface area contributed by atoms with E-state index < -0.39 is 4.92 Å². The molecule has 0 radical (unpaired) electrons. The molecule has 1 aliphatic rings. The molecule has 0 atom stereocenters. The maximum Gasteiger partial charge on any atom is 0.257 e. The fourth-order valence-corrected chi connectivity index (χ4v) is 0.601. The molecular formula is C6H6N2O2. The highest BCUT2D eigenvalue weighted by molar-refractivity contribution is 5.25. The summed E-state index contributed by atoms with van der Waals surface area (Å²) >= 11 is 0. The van der Waals surface area contributed by atoms with Crippen molar-refractivity contribution >= 4 is 0 Å². The van der Waals surface area contributed by atoms with Gasteiger partial charge in [-0.2, -0.15) is 0 Å². The molecule has 1 heterocycles.